The summed E-state index contributed by atoms with van der Waals surface area (Å²) in [5.41, 5.74) is 2.30. The molecule has 4 aliphatic carbocycles. The lowest BCUT2D eigenvalue weighted by molar-refractivity contribution is -0.111. The molecular weight excluding hydrogens is 561 g/mol. The lowest BCUT2D eigenvalue weighted by atomic mass is 9.46. The maximum Gasteiger partial charge on any atom is 0.192 e. The van der Waals surface area contributed by atoms with E-state index in [4.69, 9.17) is 13.6 Å². The van der Waals surface area contributed by atoms with Crippen LogP contribution in [0.5, 0.6) is 0 Å². The molecule has 0 N–H and O–H groups in total. The zero-order valence-corrected chi connectivity index (χ0v) is 32.5. The Kier molecular flexibility index (Phi) is 12.1. The Labute approximate surface area is 270 Å². The zero-order chi connectivity index (χ0) is 31.6. The Hall–Kier alpha value is 0.0538. The first kappa shape index (κ1) is 35.9. The van der Waals surface area contributed by atoms with E-state index in [1.54, 1.807) is 5.57 Å². The molecule has 0 saturated heterocycles. The average molecular weight is 633 g/mol. The van der Waals surface area contributed by atoms with E-state index < -0.39 is 16.6 Å². The van der Waals surface area contributed by atoms with Crippen LogP contribution in [0.15, 0.2) is 11.6 Å². The summed E-state index contributed by atoms with van der Waals surface area (Å²) in [7, 11) is -3.45. The van der Waals surface area contributed by atoms with E-state index in [0.717, 1.165) is 37.2 Å². The summed E-state index contributed by atoms with van der Waals surface area (Å²) < 4.78 is 21.5. The fraction of sp³-hybridized carbons (Fsp3) is 0.947. The third-order valence-corrected chi connectivity index (χ3v) is 23.9. The second-order valence-electron chi connectivity index (χ2n) is 16.4. The number of fused-ring (bicyclic) bond motifs is 5. The normalized spacial score (nSPS) is 37.1. The lowest BCUT2D eigenvalue weighted by Crippen LogP contribution is -2.59. The van der Waals surface area contributed by atoms with Crippen molar-refractivity contribution in [3.05, 3.63) is 11.6 Å². The van der Waals surface area contributed by atoms with Crippen LogP contribution in [0.3, 0.4) is 0 Å². The number of ether oxygens (including phenoxy) is 1. The Bertz CT molecular complexity index is 910. The minimum atomic E-state index is -1.77. The molecule has 0 bridgehead atoms. The largest absolute Gasteiger partial charge is 0.414 e. The molecule has 250 valence electrons. The molecule has 5 heteroatoms. The highest BCUT2D eigenvalue weighted by Gasteiger charge is 2.62. The summed E-state index contributed by atoms with van der Waals surface area (Å²) in [6, 6.07) is 7.42. The van der Waals surface area contributed by atoms with Gasteiger partial charge in [-0.15, -0.1) is 0 Å². The van der Waals surface area contributed by atoms with Crippen molar-refractivity contribution >= 4 is 16.6 Å². The SMILES string of the molecule is CC[Si](CC)(CC)OC1CC2=CC[C@H]3[C@@H]4CC[C@H](C(C)OCCC(C)C)[C@@]4(C)CC[C@@H]3[C@@]2(C)C(O[Si](CC)(CC)CC)C1. The van der Waals surface area contributed by atoms with E-state index in [2.05, 4.69) is 82.2 Å². The van der Waals surface area contributed by atoms with Gasteiger partial charge < -0.3 is 13.6 Å². The number of allylic oxidation sites excluding steroid dienone is 1. The summed E-state index contributed by atoms with van der Waals surface area (Å²) in [6.45, 7) is 27.7. The van der Waals surface area contributed by atoms with Gasteiger partial charge in [0.2, 0.25) is 0 Å². The number of hydrogen-bond acceptors (Lipinski definition) is 3. The Morgan fingerprint density at radius 2 is 1.42 bits per heavy atom. The van der Waals surface area contributed by atoms with Gasteiger partial charge in [-0.1, -0.05) is 80.9 Å². The predicted molar refractivity (Wildman–Crippen MR) is 190 cm³/mol. The molecule has 0 aliphatic heterocycles. The molecule has 0 radical (unpaired) electrons. The quantitative estimate of drug-likeness (QED) is 0.133. The Morgan fingerprint density at radius 3 is 2.00 bits per heavy atom. The fourth-order valence-corrected chi connectivity index (χ4v) is 16.8. The third kappa shape index (κ3) is 6.74. The highest BCUT2D eigenvalue weighted by Crippen LogP contribution is 2.67. The minimum absolute atomic E-state index is 0.161. The van der Waals surface area contributed by atoms with Crippen LogP contribution in [-0.4, -0.2) is 41.6 Å². The van der Waals surface area contributed by atoms with Gasteiger partial charge in [0.05, 0.1) is 18.3 Å². The van der Waals surface area contributed by atoms with Crippen molar-refractivity contribution in [1.29, 1.82) is 0 Å². The summed E-state index contributed by atoms with van der Waals surface area (Å²) in [4.78, 5) is 0. The molecule has 4 rings (SSSR count). The summed E-state index contributed by atoms with van der Waals surface area (Å²) >= 11 is 0. The second kappa shape index (κ2) is 14.4. The third-order valence-electron chi connectivity index (χ3n) is 14.5. The lowest BCUT2D eigenvalue weighted by Gasteiger charge is -2.61. The predicted octanol–water partition coefficient (Wildman–Crippen LogP) is 11.4. The molecule has 0 aromatic rings. The zero-order valence-electron chi connectivity index (χ0n) is 30.5. The Balaban J connectivity index is 1.63. The van der Waals surface area contributed by atoms with Gasteiger partial charge in [-0.25, -0.2) is 0 Å². The van der Waals surface area contributed by atoms with Crippen molar-refractivity contribution in [2.45, 2.75) is 182 Å². The molecule has 0 spiro atoms. The minimum Gasteiger partial charge on any atom is -0.414 e. The summed E-state index contributed by atoms with van der Waals surface area (Å²) in [6.07, 6.45) is 14.0. The average Bonchev–Trinajstić information content (AvgIpc) is 3.36. The molecule has 3 nitrogen and oxygen atoms in total. The first-order valence-corrected chi connectivity index (χ1v) is 24.1. The van der Waals surface area contributed by atoms with E-state index in [1.165, 1.54) is 74.8 Å². The van der Waals surface area contributed by atoms with E-state index in [-0.39, 0.29) is 5.41 Å². The van der Waals surface area contributed by atoms with Crippen molar-refractivity contribution in [3.8, 4) is 0 Å². The molecule has 9 atom stereocenters. The topological polar surface area (TPSA) is 27.7 Å². The fourth-order valence-electron chi connectivity index (χ4n) is 11.0. The Morgan fingerprint density at radius 1 is 0.814 bits per heavy atom. The van der Waals surface area contributed by atoms with E-state index >= 15 is 0 Å². The first-order valence-electron chi connectivity index (χ1n) is 19.1. The monoisotopic (exact) mass is 633 g/mol. The number of hydrogen-bond donors (Lipinski definition) is 0. The van der Waals surface area contributed by atoms with Crippen LogP contribution in [0.1, 0.15) is 128 Å². The van der Waals surface area contributed by atoms with Crippen LogP contribution in [0.4, 0.5) is 0 Å². The van der Waals surface area contributed by atoms with Crippen molar-refractivity contribution in [3.63, 3.8) is 0 Å². The standard InChI is InChI=1S/C38H72O3Si2/c1-12-42(13-2,14-3)40-31-26-30-18-19-32-34-21-20-33(29(9)39-25-23-28(7)8)37(34,10)24-22-35(32)38(30,11)36(27-31)41-43(15-4,16-5)17-6/h18,28-29,31-36H,12-17,19-27H2,1-11H3/t29?,31?,32-,33+,34-,35-,36?,37+,38-/m0/s1. The summed E-state index contributed by atoms with van der Waals surface area (Å²) in [5.74, 6) is 3.78. The molecular formula is C38H72O3Si2. The molecule has 4 aliphatic rings. The van der Waals surface area contributed by atoms with Crippen molar-refractivity contribution in [1.82, 2.24) is 0 Å². The van der Waals surface area contributed by atoms with E-state index in [9.17, 15) is 0 Å². The van der Waals surface area contributed by atoms with Gasteiger partial charge in [-0.05, 0) is 130 Å². The van der Waals surface area contributed by atoms with Crippen LogP contribution in [0, 0.1) is 40.4 Å². The maximum absolute atomic E-state index is 7.67. The van der Waals surface area contributed by atoms with Crippen LogP contribution in [-0.2, 0) is 13.6 Å². The molecule has 3 fully saturated rings. The van der Waals surface area contributed by atoms with Gasteiger partial charge in [0.25, 0.3) is 0 Å². The molecule has 0 heterocycles. The van der Waals surface area contributed by atoms with E-state index in [0.29, 0.717) is 35.6 Å². The molecule has 3 unspecified atom stereocenters. The highest BCUT2D eigenvalue weighted by molar-refractivity contribution is 6.74. The van der Waals surface area contributed by atoms with Gasteiger partial charge in [-0.3, -0.25) is 0 Å². The van der Waals surface area contributed by atoms with Gasteiger partial charge >= 0.3 is 0 Å². The molecule has 0 aromatic heterocycles. The van der Waals surface area contributed by atoms with Crippen LogP contribution in [0.2, 0.25) is 36.3 Å². The molecule has 3 saturated carbocycles. The van der Waals surface area contributed by atoms with Gasteiger partial charge in [0.1, 0.15) is 0 Å². The van der Waals surface area contributed by atoms with Gasteiger partial charge in [-0.2, -0.15) is 0 Å². The van der Waals surface area contributed by atoms with Gasteiger partial charge in [0, 0.05) is 12.0 Å². The maximum atomic E-state index is 7.67. The van der Waals surface area contributed by atoms with Crippen molar-refractivity contribution in [2.24, 2.45) is 40.4 Å². The van der Waals surface area contributed by atoms with Crippen LogP contribution in [0.25, 0.3) is 0 Å². The van der Waals surface area contributed by atoms with E-state index in [1.807, 2.05) is 0 Å². The second-order valence-corrected chi connectivity index (χ2v) is 25.8. The molecule has 0 amide bonds. The number of rotatable bonds is 15. The highest BCUT2D eigenvalue weighted by atomic mass is 28.4. The first-order chi connectivity index (χ1) is 20.4. The van der Waals surface area contributed by atoms with Crippen molar-refractivity contribution < 1.29 is 13.6 Å². The van der Waals surface area contributed by atoms with Gasteiger partial charge in [0.15, 0.2) is 16.6 Å². The molecule has 43 heavy (non-hydrogen) atoms. The van der Waals surface area contributed by atoms with Crippen LogP contribution >= 0.6 is 0 Å². The van der Waals surface area contributed by atoms with Crippen molar-refractivity contribution in [2.75, 3.05) is 6.61 Å². The smallest absolute Gasteiger partial charge is 0.192 e. The van der Waals surface area contributed by atoms with Crippen LogP contribution < -0.4 is 0 Å². The summed E-state index contributed by atoms with van der Waals surface area (Å²) in [5, 5.41) is 0. The molecule has 0 aromatic carbocycles.